The van der Waals surface area contributed by atoms with Gasteiger partial charge in [0.1, 0.15) is 5.82 Å². The van der Waals surface area contributed by atoms with E-state index < -0.39 is 0 Å². The molecule has 5 rings (SSSR count). The van der Waals surface area contributed by atoms with Crippen LogP contribution in [0.25, 0.3) is 11.0 Å². The zero-order valence-corrected chi connectivity index (χ0v) is 12.9. The molecule has 0 amide bonds. The number of hydrogen-bond donors (Lipinski definition) is 1. The van der Waals surface area contributed by atoms with Crippen LogP contribution in [-0.4, -0.2) is 21.6 Å². The van der Waals surface area contributed by atoms with Crippen LogP contribution < -0.4 is 5.32 Å². The molecule has 1 aromatic carbocycles. The van der Waals surface area contributed by atoms with E-state index in [-0.39, 0.29) is 0 Å². The molecule has 2 bridgehead atoms. The molecule has 104 valence electrons. The van der Waals surface area contributed by atoms with Gasteiger partial charge >= 0.3 is 0 Å². The lowest BCUT2D eigenvalue weighted by Gasteiger charge is -2.21. The van der Waals surface area contributed by atoms with Crippen LogP contribution in [0.5, 0.6) is 0 Å². The average molecular weight is 332 g/mol. The van der Waals surface area contributed by atoms with Gasteiger partial charge in [-0.15, -0.1) is 0 Å². The molecular formula is C16H18BrN3. The molecule has 3 atom stereocenters. The summed E-state index contributed by atoms with van der Waals surface area (Å²) < 4.78 is 3.68. The quantitative estimate of drug-likeness (QED) is 0.908. The second kappa shape index (κ2) is 4.08. The molecule has 3 heterocycles. The van der Waals surface area contributed by atoms with Crippen molar-refractivity contribution in [3.63, 3.8) is 0 Å². The zero-order chi connectivity index (χ0) is 13.3. The van der Waals surface area contributed by atoms with Crippen molar-refractivity contribution < 1.29 is 0 Å². The second-order valence-corrected chi connectivity index (χ2v) is 7.51. The third-order valence-corrected chi connectivity index (χ3v) is 5.72. The van der Waals surface area contributed by atoms with Gasteiger partial charge in [0.2, 0.25) is 0 Å². The van der Waals surface area contributed by atoms with Crippen LogP contribution in [0.1, 0.15) is 49.9 Å². The molecule has 4 heteroatoms. The first-order chi connectivity index (χ1) is 9.79. The van der Waals surface area contributed by atoms with Crippen molar-refractivity contribution >= 4 is 27.0 Å². The van der Waals surface area contributed by atoms with Crippen LogP contribution in [0.2, 0.25) is 0 Å². The van der Waals surface area contributed by atoms with Gasteiger partial charge in [-0.25, -0.2) is 4.98 Å². The van der Waals surface area contributed by atoms with Gasteiger partial charge in [-0.1, -0.05) is 15.9 Å². The van der Waals surface area contributed by atoms with Crippen LogP contribution >= 0.6 is 15.9 Å². The van der Waals surface area contributed by atoms with Crippen LogP contribution in [-0.2, 0) is 0 Å². The molecule has 1 aliphatic carbocycles. The Hall–Kier alpha value is -0.870. The Kier molecular flexibility index (Phi) is 2.40. The third kappa shape index (κ3) is 1.64. The molecule has 3 fully saturated rings. The summed E-state index contributed by atoms with van der Waals surface area (Å²) in [6, 6.07) is 8.65. The van der Waals surface area contributed by atoms with Crippen LogP contribution in [0.3, 0.4) is 0 Å². The maximum absolute atomic E-state index is 5.03. The number of fused-ring (bicyclic) bond motifs is 3. The van der Waals surface area contributed by atoms with E-state index in [0.29, 0.717) is 18.0 Å². The summed E-state index contributed by atoms with van der Waals surface area (Å²) in [6.07, 6.45) is 6.61. The highest BCUT2D eigenvalue weighted by Crippen LogP contribution is 2.45. The third-order valence-electron chi connectivity index (χ3n) is 5.22. The maximum Gasteiger partial charge on any atom is 0.114 e. The predicted molar refractivity (Wildman–Crippen MR) is 83.0 cm³/mol. The fourth-order valence-electron chi connectivity index (χ4n) is 4.18. The largest absolute Gasteiger partial charge is 0.325 e. The maximum atomic E-state index is 5.03. The van der Waals surface area contributed by atoms with Gasteiger partial charge in [-0.2, -0.15) is 0 Å². The van der Waals surface area contributed by atoms with Gasteiger partial charge in [0.15, 0.2) is 0 Å². The molecule has 0 spiro atoms. The van der Waals surface area contributed by atoms with Gasteiger partial charge in [0.05, 0.1) is 11.0 Å². The summed E-state index contributed by atoms with van der Waals surface area (Å²) in [4.78, 5) is 5.03. The Morgan fingerprint density at radius 2 is 2.10 bits per heavy atom. The molecule has 3 aliphatic rings. The highest BCUT2D eigenvalue weighted by Gasteiger charge is 2.43. The Balaban J connectivity index is 1.68. The smallest absolute Gasteiger partial charge is 0.114 e. The summed E-state index contributed by atoms with van der Waals surface area (Å²) in [5.41, 5.74) is 2.48. The molecule has 0 radical (unpaired) electrons. The lowest BCUT2D eigenvalue weighted by atomic mass is 9.88. The number of aromatic nitrogens is 2. The normalized spacial score (nSPS) is 32.4. The topological polar surface area (TPSA) is 29.9 Å². The molecule has 3 unspecified atom stereocenters. The van der Waals surface area contributed by atoms with Gasteiger partial charge < -0.3 is 9.88 Å². The van der Waals surface area contributed by atoms with Crippen LogP contribution in [0.15, 0.2) is 22.7 Å². The van der Waals surface area contributed by atoms with Crippen molar-refractivity contribution in [1.29, 1.82) is 0 Å². The van der Waals surface area contributed by atoms with E-state index in [1.165, 1.54) is 43.4 Å². The first-order valence-electron chi connectivity index (χ1n) is 7.73. The molecule has 1 aromatic heterocycles. The van der Waals surface area contributed by atoms with Gasteiger partial charge in [0, 0.05) is 28.5 Å². The number of imidazole rings is 1. The number of nitrogens with one attached hydrogen (secondary N) is 1. The summed E-state index contributed by atoms with van der Waals surface area (Å²) in [5, 5.41) is 3.76. The SMILES string of the molecule is Brc1ccc2c(c1)nc(C1CC3CCC1N3)n2C1CC1. The Labute approximate surface area is 126 Å². The first-order valence-corrected chi connectivity index (χ1v) is 8.52. The monoisotopic (exact) mass is 331 g/mol. The fourth-order valence-corrected chi connectivity index (χ4v) is 4.53. The van der Waals surface area contributed by atoms with Crippen molar-refractivity contribution in [2.75, 3.05) is 0 Å². The van der Waals surface area contributed by atoms with Crippen LogP contribution in [0.4, 0.5) is 0 Å². The van der Waals surface area contributed by atoms with Crippen molar-refractivity contribution in [2.45, 2.75) is 56.1 Å². The summed E-state index contributed by atoms with van der Waals surface area (Å²) in [7, 11) is 0. The standard InChI is InChI=1S/C16H18BrN3/c17-9-1-6-15-14(7-9)19-16(20(15)11-3-4-11)12-8-10-2-5-13(12)18-10/h1,6-7,10-13,18H,2-5,8H2. The molecule has 1 N–H and O–H groups in total. The van der Waals surface area contributed by atoms with E-state index in [9.17, 15) is 0 Å². The van der Waals surface area contributed by atoms with E-state index in [1.807, 2.05) is 0 Å². The number of halogens is 1. The second-order valence-electron chi connectivity index (χ2n) is 6.59. The Bertz CT molecular complexity index is 688. The summed E-state index contributed by atoms with van der Waals surface area (Å²) in [5.74, 6) is 1.97. The lowest BCUT2D eigenvalue weighted by Crippen LogP contribution is -2.23. The van der Waals surface area contributed by atoms with E-state index in [4.69, 9.17) is 4.98 Å². The number of benzene rings is 1. The minimum atomic E-state index is 0.625. The van der Waals surface area contributed by atoms with Crippen LogP contribution in [0, 0.1) is 0 Å². The average Bonchev–Trinajstić information content (AvgIpc) is 2.92. The Morgan fingerprint density at radius 3 is 2.80 bits per heavy atom. The predicted octanol–water partition coefficient (Wildman–Crippen LogP) is 3.74. The van der Waals surface area contributed by atoms with Crippen molar-refractivity contribution in [1.82, 2.24) is 14.9 Å². The highest BCUT2D eigenvalue weighted by atomic mass is 79.9. The van der Waals surface area contributed by atoms with E-state index in [1.54, 1.807) is 0 Å². The molecule has 3 nitrogen and oxygen atoms in total. The zero-order valence-electron chi connectivity index (χ0n) is 11.3. The van der Waals surface area contributed by atoms with Crippen molar-refractivity contribution in [3.05, 3.63) is 28.5 Å². The molecular weight excluding hydrogens is 314 g/mol. The number of rotatable bonds is 2. The van der Waals surface area contributed by atoms with Gasteiger partial charge in [-0.05, 0) is 50.3 Å². The Morgan fingerprint density at radius 1 is 1.20 bits per heavy atom. The summed E-state index contributed by atoms with van der Waals surface area (Å²) in [6.45, 7) is 0. The number of hydrogen-bond acceptors (Lipinski definition) is 2. The summed E-state index contributed by atoms with van der Waals surface area (Å²) >= 11 is 3.57. The molecule has 20 heavy (non-hydrogen) atoms. The van der Waals surface area contributed by atoms with E-state index in [2.05, 4.69) is 44.0 Å². The fraction of sp³-hybridized carbons (Fsp3) is 0.562. The van der Waals surface area contributed by atoms with Crippen molar-refractivity contribution in [3.8, 4) is 0 Å². The lowest BCUT2D eigenvalue weighted by molar-refractivity contribution is 0.470. The first kappa shape index (κ1) is 11.8. The molecule has 2 aliphatic heterocycles. The van der Waals surface area contributed by atoms with E-state index in [0.717, 1.165) is 16.0 Å². The van der Waals surface area contributed by atoms with Gasteiger partial charge in [0.25, 0.3) is 0 Å². The molecule has 2 saturated heterocycles. The van der Waals surface area contributed by atoms with E-state index >= 15 is 0 Å². The molecule has 1 saturated carbocycles. The van der Waals surface area contributed by atoms with Gasteiger partial charge in [-0.3, -0.25) is 0 Å². The number of nitrogens with zero attached hydrogens (tertiary/aromatic N) is 2. The minimum Gasteiger partial charge on any atom is -0.325 e. The molecule has 2 aromatic rings. The van der Waals surface area contributed by atoms with Crippen molar-refractivity contribution in [2.24, 2.45) is 0 Å². The highest BCUT2D eigenvalue weighted by molar-refractivity contribution is 9.10. The minimum absolute atomic E-state index is 0.625.